The highest BCUT2D eigenvalue weighted by Crippen LogP contribution is 2.27. The number of nitrogens with one attached hydrogen (secondary N) is 1. The molecule has 0 atom stereocenters. The highest BCUT2D eigenvalue weighted by Gasteiger charge is 2.15. The molecule has 128 valence electrons. The van der Waals surface area contributed by atoms with Crippen molar-refractivity contribution in [2.75, 3.05) is 0 Å². The molecule has 0 aromatic carbocycles. The minimum atomic E-state index is 0.136. The maximum absolute atomic E-state index is 12.1. The summed E-state index contributed by atoms with van der Waals surface area (Å²) in [7, 11) is 1.92. The molecule has 24 heavy (non-hydrogen) atoms. The molecule has 0 bridgehead atoms. The molecule has 1 amide bonds. The van der Waals surface area contributed by atoms with E-state index in [1.807, 2.05) is 29.9 Å². The van der Waals surface area contributed by atoms with Crippen molar-refractivity contribution in [3.05, 3.63) is 36.3 Å². The molecule has 0 aliphatic heterocycles. The third kappa shape index (κ3) is 4.43. The molecule has 3 rings (SSSR count). The van der Waals surface area contributed by atoms with E-state index in [4.69, 9.17) is 0 Å². The quantitative estimate of drug-likeness (QED) is 0.884. The summed E-state index contributed by atoms with van der Waals surface area (Å²) in [4.78, 5) is 16.1. The molecular weight excluding hydrogens is 300 g/mol. The van der Waals surface area contributed by atoms with Crippen molar-refractivity contribution >= 4 is 5.91 Å². The Morgan fingerprint density at radius 1 is 1.25 bits per heavy atom. The molecule has 1 N–H and O–H groups in total. The van der Waals surface area contributed by atoms with E-state index in [-0.39, 0.29) is 5.91 Å². The second-order valence-electron chi connectivity index (χ2n) is 6.70. The number of aryl methyl sites for hydroxylation is 1. The topological polar surface area (TPSA) is 59.8 Å². The average molecular weight is 326 g/mol. The van der Waals surface area contributed by atoms with Crippen LogP contribution >= 0.6 is 0 Å². The van der Waals surface area contributed by atoms with Gasteiger partial charge in [0.05, 0.1) is 17.9 Å². The van der Waals surface area contributed by atoms with Crippen LogP contribution in [0.2, 0.25) is 0 Å². The van der Waals surface area contributed by atoms with Gasteiger partial charge in [0, 0.05) is 31.4 Å². The Labute approximate surface area is 143 Å². The predicted molar refractivity (Wildman–Crippen MR) is 94.1 cm³/mol. The Kier molecular flexibility index (Phi) is 5.62. The first-order chi connectivity index (χ1) is 11.7. The number of hydrogen-bond donors (Lipinski definition) is 1. The van der Waals surface area contributed by atoms with Gasteiger partial charge in [-0.25, -0.2) is 0 Å². The van der Waals surface area contributed by atoms with Crippen LogP contribution < -0.4 is 5.32 Å². The lowest BCUT2D eigenvalue weighted by molar-refractivity contribution is -0.121. The van der Waals surface area contributed by atoms with Crippen molar-refractivity contribution in [1.82, 2.24) is 20.1 Å². The van der Waals surface area contributed by atoms with Crippen LogP contribution in [0.4, 0.5) is 0 Å². The number of nitrogens with zero attached hydrogens (tertiary/aromatic N) is 3. The van der Waals surface area contributed by atoms with Gasteiger partial charge in [0.15, 0.2) is 0 Å². The monoisotopic (exact) mass is 326 g/mol. The zero-order valence-corrected chi connectivity index (χ0v) is 14.4. The Morgan fingerprint density at radius 2 is 2.00 bits per heavy atom. The summed E-state index contributed by atoms with van der Waals surface area (Å²) in [6.45, 7) is 0.489. The largest absolute Gasteiger partial charge is 0.350 e. The molecule has 2 aromatic heterocycles. The molecule has 1 saturated carbocycles. The van der Waals surface area contributed by atoms with Crippen molar-refractivity contribution in [3.63, 3.8) is 0 Å². The SMILES string of the molecule is Cn1nc(CNC(=O)CCC2CCCCC2)cc1-c1ccncc1. The Bertz CT molecular complexity index is 659. The van der Waals surface area contributed by atoms with E-state index in [0.29, 0.717) is 13.0 Å². The normalized spacial score (nSPS) is 15.4. The third-order valence-electron chi connectivity index (χ3n) is 4.88. The fraction of sp³-hybridized carbons (Fsp3) is 0.526. The summed E-state index contributed by atoms with van der Waals surface area (Å²) < 4.78 is 1.85. The van der Waals surface area contributed by atoms with Crippen molar-refractivity contribution in [1.29, 1.82) is 0 Å². The van der Waals surface area contributed by atoms with Crippen molar-refractivity contribution in [3.8, 4) is 11.3 Å². The van der Waals surface area contributed by atoms with E-state index in [1.54, 1.807) is 12.4 Å². The van der Waals surface area contributed by atoms with Crippen molar-refractivity contribution in [2.45, 2.75) is 51.5 Å². The lowest BCUT2D eigenvalue weighted by atomic mass is 9.86. The molecule has 0 unspecified atom stereocenters. The van der Waals surface area contributed by atoms with Gasteiger partial charge in [-0.3, -0.25) is 14.5 Å². The first-order valence-corrected chi connectivity index (χ1v) is 8.92. The van der Waals surface area contributed by atoms with Crippen LogP contribution in [0, 0.1) is 5.92 Å². The van der Waals surface area contributed by atoms with E-state index in [9.17, 15) is 4.79 Å². The summed E-state index contributed by atoms with van der Waals surface area (Å²) in [5.74, 6) is 0.884. The highest BCUT2D eigenvalue weighted by molar-refractivity contribution is 5.75. The maximum Gasteiger partial charge on any atom is 0.220 e. The van der Waals surface area contributed by atoms with Gasteiger partial charge in [0.2, 0.25) is 5.91 Å². The van der Waals surface area contributed by atoms with Gasteiger partial charge in [-0.05, 0) is 30.5 Å². The molecule has 0 spiro atoms. The number of carbonyl (C=O) groups is 1. The second kappa shape index (κ2) is 8.08. The summed E-state index contributed by atoms with van der Waals surface area (Å²) in [5.41, 5.74) is 2.99. The standard InChI is InChI=1S/C19H26N4O/c1-23-18(16-9-11-20-12-10-16)13-17(22-23)14-21-19(24)8-7-15-5-3-2-4-6-15/h9-13,15H,2-8,14H2,1H3,(H,21,24). The molecule has 1 aliphatic rings. The summed E-state index contributed by atoms with van der Waals surface area (Å²) >= 11 is 0. The summed E-state index contributed by atoms with van der Waals surface area (Å²) in [5, 5.41) is 7.49. The van der Waals surface area contributed by atoms with Gasteiger partial charge < -0.3 is 5.32 Å². The number of hydrogen-bond acceptors (Lipinski definition) is 3. The van der Waals surface area contributed by atoms with E-state index < -0.39 is 0 Å². The maximum atomic E-state index is 12.1. The molecule has 2 heterocycles. The first kappa shape index (κ1) is 16.7. The van der Waals surface area contributed by atoms with Gasteiger partial charge in [0.25, 0.3) is 0 Å². The number of amides is 1. The average Bonchev–Trinajstić information content (AvgIpc) is 3.00. The van der Waals surface area contributed by atoms with Crippen molar-refractivity contribution < 1.29 is 4.79 Å². The van der Waals surface area contributed by atoms with E-state index >= 15 is 0 Å². The molecular formula is C19H26N4O. The predicted octanol–water partition coefficient (Wildman–Crippen LogP) is 3.46. The lowest BCUT2D eigenvalue weighted by Crippen LogP contribution is -2.23. The highest BCUT2D eigenvalue weighted by atomic mass is 16.1. The van der Waals surface area contributed by atoms with Gasteiger partial charge >= 0.3 is 0 Å². The molecule has 0 radical (unpaired) electrons. The fourth-order valence-corrected chi connectivity index (χ4v) is 3.49. The van der Waals surface area contributed by atoms with Crippen LogP contribution in [-0.2, 0) is 18.4 Å². The summed E-state index contributed by atoms with van der Waals surface area (Å²) in [6.07, 6.45) is 11.8. The Balaban J connectivity index is 1.49. The Hall–Kier alpha value is -2.17. The second-order valence-corrected chi connectivity index (χ2v) is 6.70. The van der Waals surface area contributed by atoms with Crippen LogP contribution in [0.25, 0.3) is 11.3 Å². The number of pyridine rings is 1. The summed E-state index contributed by atoms with van der Waals surface area (Å²) in [6, 6.07) is 5.95. The molecule has 5 nitrogen and oxygen atoms in total. The number of aromatic nitrogens is 3. The molecule has 1 fully saturated rings. The van der Waals surface area contributed by atoms with Gasteiger partial charge in [-0.1, -0.05) is 32.1 Å². The van der Waals surface area contributed by atoms with Crippen LogP contribution in [0.3, 0.4) is 0 Å². The molecule has 1 aliphatic carbocycles. The Morgan fingerprint density at radius 3 is 2.75 bits per heavy atom. The minimum Gasteiger partial charge on any atom is -0.350 e. The van der Waals surface area contributed by atoms with Crippen LogP contribution in [-0.4, -0.2) is 20.7 Å². The minimum absolute atomic E-state index is 0.136. The van der Waals surface area contributed by atoms with E-state index in [1.165, 1.54) is 32.1 Å². The van der Waals surface area contributed by atoms with Crippen LogP contribution in [0.1, 0.15) is 50.6 Å². The first-order valence-electron chi connectivity index (χ1n) is 8.92. The van der Waals surface area contributed by atoms with E-state index in [2.05, 4.69) is 15.4 Å². The smallest absolute Gasteiger partial charge is 0.220 e. The number of rotatable bonds is 6. The van der Waals surface area contributed by atoms with Crippen molar-refractivity contribution in [2.24, 2.45) is 13.0 Å². The van der Waals surface area contributed by atoms with Gasteiger partial charge in [0.1, 0.15) is 0 Å². The molecule has 2 aromatic rings. The zero-order valence-electron chi connectivity index (χ0n) is 14.4. The third-order valence-corrected chi connectivity index (χ3v) is 4.88. The number of carbonyl (C=O) groups excluding carboxylic acids is 1. The van der Waals surface area contributed by atoms with Gasteiger partial charge in [-0.15, -0.1) is 0 Å². The van der Waals surface area contributed by atoms with Crippen LogP contribution in [0.15, 0.2) is 30.6 Å². The fourth-order valence-electron chi connectivity index (χ4n) is 3.49. The van der Waals surface area contributed by atoms with Crippen LogP contribution in [0.5, 0.6) is 0 Å². The lowest BCUT2D eigenvalue weighted by Gasteiger charge is -2.20. The molecule has 0 saturated heterocycles. The zero-order chi connectivity index (χ0) is 16.8. The van der Waals surface area contributed by atoms with Gasteiger partial charge in [-0.2, -0.15) is 5.10 Å². The van der Waals surface area contributed by atoms with E-state index in [0.717, 1.165) is 29.3 Å². The molecule has 5 heteroatoms.